The fourth-order valence-corrected chi connectivity index (χ4v) is 1.73. The molecule has 0 saturated heterocycles. The van der Waals surface area contributed by atoms with Crippen LogP contribution in [-0.4, -0.2) is 26.2 Å². The normalized spacial score (nSPS) is 14.0. The molecular formula is C14H20N2O3. The maximum atomic E-state index is 11.6. The number of amides is 1. The molecule has 19 heavy (non-hydrogen) atoms. The summed E-state index contributed by atoms with van der Waals surface area (Å²) in [4.78, 5) is 11.6. The quantitative estimate of drug-likeness (QED) is 0.772. The van der Waals surface area contributed by atoms with Crippen molar-refractivity contribution in [3.63, 3.8) is 0 Å². The molecule has 2 rings (SSSR count). The molecule has 1 aromatic carbocycles. The first kappa shape index (κ1) is 13.7. The molecule has 5 heteroatoms. The number of ether oxygens (including phenoxy) is 2. The van der Waals surface area contributed by atoms with E-state index in [1.165, 1.54) is 12.8 Å². The fourth-order valence-electron chi connectivity index (χ4n) is 1.73. The third-order valence-electron chi connectivity index (χ3n) is 3.07. The maximum Gasteiger partial charge on any atom is 0.257 e. The average molecular weight is 264 g/mol. The van der Waals surface area contributed by atoms with E-state index in [4.69, 9.17) is 15.2 Å². The first-order valence-corrected chi connectivity index (χ1v) is 6.49. The molecule has 1 amide bonds. The van der Waals surface area contributed by atoms with Gasteiger partial charge in [-0.05, 0) is 36.5 Å². The van der Waals surface area contributed by atoms with Crippen LogP contribution in [0.4, 0.5) is 0 Å². The minimum atomic E-state index is -0.0935. The van der Waals surface area contributed by atoms with Crippen LogP contribution in [0.5, 0.6) is 11.5 Å². The van der Waals surface area contributed by atoms with E-state index in [9.17, 15) is 4.79 Å². The predicted molar refractivity (Wildman–Crippen MR) is 72.1 cm³/mol. The van der Waals surface area contributed by atoms with Crippen molar-refractivity contribution in [1.82, 2.24) is 5.32 Å². The highest BCUT2D eigenvalue weighted by molar-refractivity contribution is 5.77. The van der Waals surface area contributed by atoms with Gasteiger partial charge in [0.25, 0.3) is 5.91 Å². The largest absolute Gasteiger partial charge is 0.497 e. The minimum absolute atomic E-state index is 0.0178. The Morgan fingerprint density at radius 1 is 1.37 bits per heavy atom. The van der Waals surface area contributed by atoms with Gasteiger partial charge in [0.1, 0.15) is 11.5 Å². The summed E-state index contributed by atoms with van der Waals surface area (Å²) >= 11 is 0. The summed E-state index contributed by atoms with van der Waals surface area (Å²) in [5.41, 5.74) is 6.51. The van der Waals surface area contributed by atoms with Crippen molar-refractivity contribution in [2.75, 3.05) is 20.3 Å². The second-order valence-corrected chi connectivity index (χ2v) is 4.76. The molecule has 0 aromatic heterocycles. The molecule has 0 bridgehead atoms. The van der Waals surface area contributed by atoms with Crippen LogP contribution in [0.1, 0.15) is 18.4 Å². The van der Waals surface area contributed by atoms with E-state index in [1.54, 1.807) is 13.2 Å². The van der Waals surface area contributed by atoms with Crippen LogP contribution in [-0.2, 0) is 11.3 Å². The Morgan fingerprint density at radius 2 is 2.11 bits per heavy atom. The molecule has 1 fully saturated rings. The van der Waals surface area contributed by atoms with Crippen molar-refractivity contribution in [2.45, 2.75) is 19.4 Å². The first-order chi connectivity index (χ1) is 9.21. The third kappa shape index (κ3) is 4.44. The van der Waals surface area contributed by atoms with Gasteiger partial charge in [-0.25, -0.2) is 0 Å². The fraction of sp³-hybridized carbons (Fsp3) is 0.500. The predicted octanol–water partition coefficient (Wildman–Crippen LogP) is 1.06. The Balaban J connectivity index is 1.84. The van der Waals surface area contributed by atoms with Gasteiger partial charge in [-0.3, -0.25) is 4.79 Å². The summed E-state index contributed by atoms with van der Waals surface area (Å²) in [7, 11) is 1.59. The van der Waals surface area contributed by atoms with Crippen LogP contribution in [0.3, 0.4) is 0 Å². The number of nitrogens with two attached hydrogens (primary N) is 1. The highest BCUT2D eigenvalue weighted by Crippen LogP contribution is 2.27. The Hall–Kier alpha value is -1.75. The summed E-state index contributed by atoms with van der Waals surface area (Å²) in [5, 5.41) is 2.85. The number of rotatable bonds is 7. The lowest BCUT2D eigenvalue weighted by Gasteiger charge is -2.10. The van der Waals surface area contributed by atoms with Gasteiger partial charge in [0, 0.05) is 19.2 Å². The van der Waals surface area contributed by atoms with E-state index in [2.05, 4.69) is 5.32 Å². The van der Waals surface area contributed by atoms with E-state index in [0.717, 1.165) is 12.1 Å². The van der Waals surface area contributed by atoms with Gasteiger partial charge in [-0.1, -0.05) is 0 Å². The summed E-state index contributed by atoms with van der Waals surface area (Å²) in [5.74, 6) is 1.85. The molecule has 1 saturated carbocycles. The van der Waals surface area contributed by atoms with Gasteiger partial charge in [-0.2, -0.15) is 0 Å². The monoisotopic (exact) mass is 264 g/mol. The topological polar surface area (TPSA) is 73.6 Å². The van der Waals surface area contributed by atoms with Gasteiger partial charge in [0.05, 0.1) is 7.11 Å². The summed E-state index contributed by atoms with van der Waals surface area (Å²) in [6.45, 7) is 1.18. The van der Waals surface area contributed by atoms with Crippen LogP contribution >= 0.6 is 0 Å². The van der Waals surface area contributed by atoms with Crippen molar-refractivity contribution in [3.8, 4) is 11.5 Å². The molecule has 1 aliphatic rings. The van der Waals surface area contributed by atoms with E-state index in [1.807, 2.05) is 12.1 Å². The Labute approximate surface area is 113 Å². The smallest absolute Gasteiger partial charge is 0.257 e. The van der Waals surface area contributed by atoms with Crippen molar-refractivity contribution in [1.29, 1.82) is 0 Å². The molecule has 104 valence electrons. The number of carbonyl (C=O) groups excluding carboxylic acids is 1. The third-order valence-corrected chi connectivity index (χ3v) is 3.07. The Morgan fingerprint density at radius 3 is 2.74 bits per heavy atom. The highest BCUT2D eigenvalue weighted by Gasteiger charge is 2.21. The molecule has 0 atom stereocenters. The molecule has 1 aliphatic carbocycles. The molecule has 5 nitrogen and oxygen atoms in total. The molecule has 0 heterocycles. The number of hydrogen-bond acceptors (Lipinski definition) is 4. The number of carbonyl (C=O) groups is 1. The standard InChI is InChI=1S/C14H20N2O3/c1-18-12-4-11(7-15)5-13(6-12)19-9-14(17)16-8-10-2-3-10/h4-6,10H,2-3,7-9,15H2,1H3,(H,16,17). The lowest BCUT2D eigenvalue weighted by molar-refractivity contribution is -0.123. The number of methoxy groups -OCH3 is 1. The van der Waals surface area contributed by atoms with Gasteiger partial charge < -0.3 is 20.5 Å². The molecule has 0 unspecified atom stereocenters. The SMILES string of the molecule is COc1cc(CN)cc(OCC(=O)NCC2CC2)c1. The molecule has 0 radical (unpaired) electrons. The van der Waals surface area contributed by atoms with Crippen molar-refractivity contribution < 1.29 is 14.3 Å². The zero-order chi connectivity index (χ0) is 13.7. The lowest BCUT2D eigenvalue weighted by atomic mass is 10.2. The Bertz CT molecular complexity index is 422. The van der Waals surface area contributed by atoms with Gasteiger partial charge in [-0.15, -0.1) is 0 Å². The van der Waals surface area contributed by atoms with Crippen molar-refractivity contribution >= 4 is 5.91 Å². The lowest BCUT2D eigenvalue weighted by Crippen LogP contribution is -2.30. The summed E-state index contributed by atoms with van der Waals surface area (Å²) < 4.78 is 10.6. The molecule has 0 spiro atoms. The zero-order valence-corrected chi connectivity index (χ0v) is 11.1. The van der Waals surface area contributed by atoms with Gasteiger partial charge in [0.2, 0.25) is 0 Å². The average Bonchev–Trinajstić information content (AvgIpc) is 3.26. The highest BCUT2D eigenvalue weighted by atomic mass is 16.5. The van der Waals surface area contributed by atoms with E-state index >= 15 is 0 Å². The molecule has 0 aliphatic heterocycles. The van der Waals surface area contributed by atoms with E-state index in [-0.39, 0.29) is 12.5 Å². The van der Waals surface area contributed by atoms with Gasteiger partial charge >= 0.3 is 0 Å². The minimum Gasteiger partial charge on any atom is -0.497 e. The second-order valence-electron chi connectivity index (χ2n) is 4.76. The summed E-state index contributed by atoms with van der Waals surface area (Å²) in [6, 6.07) is 5.41. The van der Waals surface area contributed by atoms with Crippen LogP contribution in [0.15, 0.2) is 18.2 Å². The van der Waals surface area contributed by atoms with E-state index < -0.39 is 0 Å². The molecule has 3 N–H and O–H groups in total. The van der Waals surface area contributed by atoms with Crippen molar-refractivity contribution in [2.24, 2.45) is 11.7 Å². The van der Waals surface area contributed by atoms with Crippen LogP contribution in [0.25, 0.3) is 0 Å². The first-order valence-electron chi connectivity index (χ1n) is 6.49. The number of benzene rings is 1. The van der Waals surface area contributed by atoms with Gasteiger partial charge in [0.15, 0.2) is 6.61 Å². The Kier molecular flexibility index (Phi) is 4.63. The van der Waals surface area contributed by atoms with Crippen molar-refractivity contribution in [3.05, 3.63) is 23.8 Å². The summed E-state index contributed by atoms with van der Waals surface area (Å²) in [6.07, 6.45) is 2.44. The second kappa shape index (κ2) is 6.43. The maximum absolute atomic E-state index is 11.6. The molecule has 1 aromatic rings. The van der Waals surface area contributed by atoms with Crippen LogP contribution in [0.2, 0.25) is 0 Å². The zero-order valence-electron chi connectivity index (χ0n) is 11.1. The molecular weight excluding hydrogens is 244 g/mol. The van der Waals surface area contributed by atoms with E-state index in [0.29, 0.717) is 24.0 Å². The number of hydrogen-bond donors (Lipinski definition) is 2. The van der Waals surface area contributed by atoms with Crippen LogP contribution < -0.4 is 20.5 Å². The number of nitrogens with one attached hydrogen (secondary N) is 1. The van der Waals surface area contributed by atoms with Crippen LogP contribution in [0, 0.1) is 5.92 Å².